The van der Waals surface area contributed by atoms with E-state index in [1.807, 2.05) is 0 Å². The fourth-order valence-corrected chi connectivity index (χ4v) is 1.50. The minimum absolute atomic E-state index is 0.0910. The van der Waals surface area contributed by atoms with E-state index in [0.717, 1.165) is 19.3 Å². The number of unbranched alkanes of at least 4 members (excludes halogenated alkanes) is 2. The van der Waals surface area contributed by atoms with Gasteiger partial charge in [0.05, 0.1) is 11.4 Å². The van der Waals surface area contributed by atoms with Gasteiger partial charge in [-0.25, -0.2) is 0 Å². The third-order valence-corrected chi connectivity index (χ3v) is 2.45. The van der Waals surface area contributed by atoms with Crippen LogP contribution < -0.4 is 11.5 Å². The smallest absolute Gasteiger partial charge is 0.165 e. The molecule has 0 saturated carbocycles. The van der Waals surface area contributed by atoms with Crippen LogP contribution in [0.25, 0.3) is 0 Å². The number of benzene rings is 1. The maximum absolute atomic E-state index is 11.8. The number of ketones is 1. The lowest BCUT2D eigenvalue weighted by Crippen LogP contribution is -2.06. The Hall–Kier alpha value is -1.51. The first-order chi connectivity index (χ1) is 7.16. The summed E-state index contributed by atoms with van der Waals surface area (Å²) < 4.78 is 0. The number of anilines is 2. The first-order valence-electron chi connectivity index (χ1n) is 5.34. The van der Waals surface area contributed by atoms with Crippen LogP contribution in [0, 0.1) is 0 Å². The summed E-state index contributed by atoms with van der Waals surface area (Å²) in [7, 11) is 0. The molecule has 0 amide bonds. The molecule has 0 aromatic heterocycles. The lowest BCUT2D eigenvalue weighted by molar-refractivity contribution is 0.0980. The third-order valence-electron chi connectivity index (χ3n) is 2.45. The summed E-state index contributed by atoms with van der Waals surface area (Å²) in [5.74, 6) is 0.0910. The number of carbonyl (C=O) groups excluding carboxylic acids is 1. The Bertz CT molecular complexity index is 347. The fourth-order valence-electron chi connectivity index (χ4n) is 1.50. The first kappa shape index (κ1) is 11.6. The third kappa shape index (κ3) is 2.98. The molecule has 0 aliphatic carbocycles. The Morgan fingerprint density at radius 3 is 2.67 bits per heavy atom. The van der Waals surface area contributed by atoms with Crippen molar-refractivity contribution in [3.8, 4) is 0 Å². The van der Waals surface area contributed by atoms with Gasteiger partial charge in [0.1, 0.15) is 0 Å². The van der Waals surface area contributed by atoms with Crippen LogP contribution in [-0.2, 0) is 0 Å². The van der Waals surface area contributed by atoms with Crippen molar-refractivity contribution in [2.75, 3.05) is 11.5 Å². The lowest BCUT2D eigenvalue weighted by atomic mass is 10.0. The number of nitrogens with two attached hydrogens (primary N) is 2. The van der Waals surface area contributed by atoms with E-state index in [4.69, 9.17) is 11.5 Å². The Labute approximate surface area is 90.5 Å². The van der Waals surface area contributed by atoms with Gasteiger partial charge in [-0.2, -0.15) is 0 Å². The predicted molar refractivity (Wildman–Crippen MR) is 63.7 cm³/mol. The second-order valence-electron chi connectivity index (χ2n) is 3.69. The summed E-state index contributed by atoms with van der Waals surface area (Å²) in [6, 6.07) is 5.21. The summed E-state index contributed by atoms with van der Waals surface area (Å²) in [4.78, 5) is 11.8. The van der Waals surface area contributed by atoms with Crippen LogP contribution in [0.3, 0.4) is 0 Å². The highest BCUT2D eigenvalue weighted by atomic mass is 16.1. The van der Waals surface area contributed by atoms with Crippen LogP contribution in [0.1, 0.15) is 43.0 Å². The van der Waals surface area contributed by atoms with Crippen LogP contribution in [0.2, 0.25) is 0 Å². The summed E-state index contributed by atoms with van der Waals surface area (Å²) in [5, 5.41) is 0. The van der Waals surface area contributed by atoms with Crippen molar-refractivity contribution in [3.63, 3.8) is 0 Å². The molecule has 0 fully saturated rings. The van der Waals surface area contributed by atoms with Crippen molar-refractivity contribution in [2.45, 2.75) is 32.6 Å². The second kappa shape index (κ2) is 5.39. The average molecular weight is 206 g/mol. The molecule has 0 atom stereocenters. The molecule has 1 aromatic carbocycles. The molecule has 0 aliphatic rings. The standard InChI is InChI=1S/C12H18N2O/c1-2-3-4-8-11(15)9-6-5-7-10(13)12(9)14/h5-7H,2-4,8,13-14H2,1H3. The molecule has 0 aliphatic heterocycles. The molecule has 0 bridgehead atoms. The Morgan fingerprint density at radius 2 is 2.00 bits per heavy atom. The molecule has 3 nitrogen and oxygen atoms in total. The molecular weight excluding hydrogens is 188 g/mol. The number of para-hydroxylation sites is 1. The van der Waals surface area contributed by atoms with E-state index in [9.17, 15) is 4.79 Å². The zero-order valence-corrected chi connectivity index (χ0v) is 9.12. The summed E-state index contributed by atoms with van der Waals surface area (Å²) >= 11 is 0. The van der Waals surface area contributed by atoms with E-state index in [-0.39, 0.29) is 5.78 Å². The molecule has 0 heterocycles. The molecule has 1 rings (SSSR count). The van der Waals surface area contributed by atoms with Crippen LogP contribution in [0.5, 0.6) is 0 Å². The molecule has 0 radical (unpaired) electrons. The quantitative estimate of drug-likeness (QED) is 0.442. The first-order valence-corrected chi connectivity index (χ1v) is 5.34. The van der Waals surface area contributed by atoms with Crippen molar-refractivity contribution < 1.29 is 4.79 Å². The number of nitrogen functional groups attached to an aromatic ring is 2. The SMILES string of the molecule is CCCCCC(=O)c1cccc(N)c1N. The van der Waals surface area contributed by atoms with Crippen molar-refractivity contribution in [3.05, 3.63) is 23.8 Å². The molecule has 0 unspecified atom stereocenters. The minimum atomic E-state index is 0.0910. The van der Waals surface area contributed by atoms with Crippen LogP contribution in [-0.4, -0.2) is 5.78 Å². The van der Waals surface area contributed by atoms with Gasteiger partial charge >= 0.3 is 0 Å². The highest BCUT2D eigenvalue weighted by Gasteiger charge is 2.10. The number of hydrogen-bond acceptors (Lipinski definition) is 3. The largest absolute Gasteiger partial charge is 0.397 e. The molecule has 3 heteroatoms. The van der Waals surface area contributed by atoms with Gasteiger partial charge in [0.15, 0.2) is 5.78 Å². The van der Waals surface area contributed by atoms with Gasteiger partial charge in [-0.1, -0.05) is 25.8 Å². The van der Waals surface area contributed by atoms with Crippen LogP contribution in [0.4, 0.5) is 11.4 Å². The van der Waals surface area contributed by atoms with Gasteiger partial charge < -0.3 is 11.5 Å². The van der Waals surface area contributed by atoms with Crippen molar-refractivity contribution >= 4 is 17.2 Å². The van der Waals surface area contributed by atoms with Crippen LogP contribution in [0.15, 0.2) is 18.2 Å². The van der Waals surface area contributed by atoms with Gasteiger partial charge in [-0.05, 0) is 18.6 Å². The van der Waals surface area contributed by atoms with E-state index in [0.29, 0.717) is 23.4 Å². The van der Waals surface area contributed by atoms with Gasteiger partial charge in [-0.3, -0.25) is 4.79 Å². The maximum atomic E-state index is 11.8. The molecule has 15 heavy (non-hydrogen) atoms. The van der Waals surface area contributed by atoms with Crippen molar-refractivity contribution in [1.82, 2.24) is 0 Å². The van der Waals surface area contributed by atoms with Crippen LogP contribution >= 0.6 is 0 Å². The normalized spacial score (nSPS) is 10.2. The summed E-state index contributed by atoms with van der Waals surface area (Å²) in [5.41, 5.74) is 12.8. The molecule has 82 valence electrons. The summed E-state index contributed by atoms with van der Waals surface area (Å²) in [6.07, 6.45) is 3.67. The lowest BCUT2D eigenvalue weighted by Gasteiger charge is -2.06. The molecule has 1 aromatic rings. The van der Waals surface area contributed by atoms with E-state index >= 15 is 0 Å². The highest BCUT2D eigenvalue weighted by Crippen LogP contribution is 2.21. The minimum Gasteiger partial charge on any atom is -0.397 e. The number of carbonyl (C=O) groups is 1. The van der Waals surface area contributed by atoms with E-state index in [1.165, 1.54) is 0 Å². The van der Waals surface area contributed by atoms with E-state index < -0.39 is 0 Å². The average Bonchev–Trinajstić information content (AvgIpc) is 2.22. The van der Waals surface area contributed by atoms with Gasteiger partial charge in [0.2, 0.25) is 0 Å². The molecular formula is C12H18N2O. The monoisotopic (exact) mass is 206 g/mol. The fraction of sp³-hybridized carbons (Fsp3) is 0.417. The highest BCUT2D eigenvalue weighted by molar-refractivity contribution is 6.02. The van der Waals surface area contributed by atoms with Gasteiger partial charge in [-0.15, -0.1) is 0 Å². The zero-order chi connectivity index (χ0) is 11.3. The van der Waals surface area contributed by atoms with E-state index in [1.54, 1.807) is 18.2 Å². The van der Waals surface area contributed by atoms with Gasteiger partial charge in [0, 0.05) is 12.0 Å². The van der Waals surface area contributed by atoms with E-state index in [2.05, 4.69) is 6.92 Å². The van der Waals surface area contributed by atoms with Crippen molar-refractivity contribution in [1.29, 1.82) is 0 Å². The number of Topliss-reactive ketones (excluding diaryl/α,β-unsaturated/α-hetero) is 1. The Morgan fingerprint density at radius 1 is 1.27 bits per heavy atom. The molecule has 4 N–H and O–H groups in total. The van der Waals surface area contributed by atoms with Crippen molar-refractivity contribution in [2.24, 2.45) is 0 Å². The number of hydrogen-bond donors (Lipinski definition) is 2. The molecule has 0 saturated heterocycles. The zero-order valence-electron chi connectivity index (χ0n) is 9.12. The predicted octanol–water partition coefficient (Wildman–Crippen LogP) is 2.61. The molecule has 0 spiro atoms. The topological polar surface area (TPSA) is 69.1 Å². The Balaban J connectivity index is 2.69. The Kier molecular flexibility index (Phi) is 4.16. The second-order valence-corrected chi connectivity index (χ2v) is 3.69. The van der Waals surface area contributed by atoms with Gasteiger partial charge in [0.25, 0.3) is 0 Å². The number of rotatable bonds is 5. The maximum Gasteiger partial charge on any atom is 0.165 e. The summed E-state index contributed by atoms with van der Waals surface area (Å²) in [6.45, 7) is 2.11.